The molecular formula is C14H22N4. The van der Waals surface area contributed by atoms with Crippen molar-refractivity contribution >= 4 is 5.95 Å². The Kier molecular flexibility index (Phi) is 3.20. The van der Waals surface area contributed by atoms with E-state index < -0.39 is 0 Å². The number of aryl methyl sites for hydroxylation is 2. The fourth-order valence-corrected chi connectivity index (χ4v) is 3.11. The van der Waals surface area contributed by atoms with E-state index in [0.29, 0.717) is 5.92 Å². The summed E-state index contributed by atoms with van der Waals surface area (Å²) in [7, 11) is 0. The number of nitrogens with zero attached hydrogens (tertiary/aromatic N) is 3. The van der Waals surface area contributed by atoms with E-state index in [1.807, 2.05) is 0 Å². The fraction of sp³-hybridized carbons (Fsp3) is 0.714. The van der Waals surface area contributed by atoms with E-state index in [4.69, 9.17) is 15.7 Å². The van der Waals surface area contributed by atoms with Gasteiger partial charge in [-0.3, -0.25) is 0 Å². The smallest absolute Gasteiger partial charge is 0.225 e. The molecule has 2 heterocycles. The van der Waals surface area contributed by atoms with Gasteiger partial charge in [0.15, 0.2) is 0 Å². The first kappa shape index (κ1) is 11.9. The molecule has 4 heteroatoms. The lowest BCUT2D eigenvalue weighted by atomic mass is 9.97. The predicted octanol–water partition coefficient (Wildman–Crippen LogP) is 1.45. The zero-order valence-electron chi connectivity index (χ0n) is 11.2. The summed E-state index contributed by atoms with van der Waals surface area (Å²) in [5.74, 6) is 1.64. The molecule has 1 aliphatic carbocycles. The highest BCUT2D eigenvalue weighted by Crippen LogP contribution is 2.26. The quantitative estimate of drug-likeness (QED) is 0.858. The third-order valence-electron chi connectivity index (χ3n) is 4.36. The number of hydrogen-bond donors (Lipinski definition) is 1. The van der Waals surface area contributed by atoms with Crippen LogP contribution < -0.4 is 10.6 Å². The number of anilines is 1. The SMILES string of the molecule is Cc1nc(N2CCC(CN)CC2)nc2c1CCC2. The summed E-state index contributed by atoms with van der Waals surface area (Å²) in [5, 5.41) is 0. The van der Waals surface area contributed by atoms with Gasteiger partial charge >= 0.3 is 0 Å². The van der Waals surface area contributed by atoms with Crippen molar-refractivity contribution in [2.75, 3.05) is 24.5 Å². The minimum Gasteiger partial charge on any atom is -0.341 e. The average molecular weight is 246 g/mol. The summed E-state index contributed by atoms with van der Waals surface area (Å²) in [6.45, 7) is 5.06. The molecule has 4 nitrogen and oxygen atoms in total. The molecule has 0 saturated carbocycles. The van der Waals surface area contributed by atoms with Crippen LogP contribution in [-0.2, 0) is 12.8 Å². The summed E-state index contributed by atoms with van der Waals surface area (Å²) in [5.41, 5.74) is 9.61. The van der Waals surface area contributed by atoms with Gasteiger partial charge in [0.1, 0.15) is 0 Å². The first-order valence-corrected chi connectivity index (χ1v) is 7.09. The van der Waals surface area contributed by atoms with Crippen molar-refractivity contribution in [3.05, 3.63) is 17.0 Å². The van der Waals surface area contributed by atoms with E-state index in [-0.39, 0.29) is 0 Å². The summed E-state index contributed by atoms with van der Waals surface area (Å²) in [6, 6.07) is 0. The Bertz CT molecular complexity index is 436. The standard InChI is InChI=1S/C14H22N4/c1-10-12-3-2-4-13(12)17-14(16-10)18-7-5-11(9-15)6-8-18/h11H,2-9,15H2,1H3. The largest absolute Gasteiger partial charge is 0.341 e. The Morgan fingerprint density at radius 1 is 1.22 bits per heavy atom. The van der Waals surface area contributed by atoms with Crippen LogP contribution in [0.15, 0.2) is 0 Å². The van der Waals surface area contributed by atoms with Crippen molar-refractivity contribution < 1.29 is 0 Å². The number of hydrogen-bond acceptors (Lipinski definition) is 4. The lowest BCUT2D eigenvalue weighted by molar-refractivity contribution is 0.411. The third kappa shape index (κ3) is 2.09. The molecule has 0 aromatic carbocycles. The molecule has 1 aromatic rings. The molecular weight excluding hydrogens is 224 g/mol. The van der Waals surface area contributed by atoms with Crippen LogP contribution in [0.1, 0.15) is 36.2 Å². The zero-order chi connectivity index (χ0) is 12.5. The van der Waals surface area contributed by atoms with E-state index in [1.165, 1.54) is 36.2 Å². The highest BCUT2D eigenvalue weighted by atomic mass is 15.3. The van der Waals surface area contributed by atoms with Gasteiger partial charge in [-0.2, -0.15) is 0 Å². The van der Waals surface area contributed by atoms with E-state index in [1.54, 1.807) is 0 Å². The van der Waals surface area contributed by atoms with Gasteiger partial charge in [0.25, 0.3) is 0 Å². The lowest BCUT2D eigenvalue weighted by Crippen LogP contribution is -2.37. The van der Waals surface area contributed by atoms with Gasteiger partial charge in [0.2, 0.25) is 5.95 Å². The number of fused-ring (bicyclic) bond motifs is 1. The summed E-state index contributed by atoms with van der Waals surface area (Å²) in [6.07, 6.45) is 5.89. The third-order valence-corrected chi connectivity index (χ3v) is 4.36. The number of rotatable bonds is 2. The summed E-state index contributed by atoms with van der Waals surface area (Å²) < 4.78 is 0. The van der Waals surface area contributed by atoms with E-state index in [2.05, 4.69) is 11.8 Å². The molecule has 1 fully saturated rings. The minimum atomic E-state index is 0.691. The maximum absolute atomic E-state index is 5.74. The molecule has 0 unspecified atom stereocenters. The van der Waals surface area contributed by atoms with E-state index in [9.17, 15) is 0 Å². The Morgan fingerprint density at radius 2 is 2.00 bits per heavy atom. The van der Waals surface area contributed by atoms with Crippen molar-refractivity contribution in [2.45, 2.75) is 39.0 Å². The zero-order valence-corrected chi connectivity index (χ0v) is 11.2. The first-order chi connectivity index (χ1) is 8.78. The molecule has 2 N–H and O–H groups in total. The molecule has 0 bridgehead atoms. The second-order valence-corrected chi connectivity index (χ2v) is 5.55. The molecule has 18 heavy (non-hydrogen) atoms. The van der Waals surface area contributed by atoms with Crippen LogP contribution in [0.2, 0.25) is 0 Å². The molecule has 3 rings (SSSR count). The van der Waals surface area contributed by atoms with Crippen LogP contribution in [0.3, 0.4) is 0 Å². The maximum Gasteiger partial charge on any atom is 0.225 e. The number of nitrogens with two attached hydrogens (primary N) is 1. The molecule has 1 aliphatic heterocycles. The van der Waals surface area contributed by atoms with Crippen molar-refractivity contribution in [3.8, 4) is 0 Å². The molecule has 2 aliphatic rings. The van der Waals surface area contributed by atoms with Crippen molar-refractivity contribution in [1.29, 1.82) is 0 Å². The normalized spacial score (nSPS) is 20.2. The lowest BCUT2D eigenvalue weighted by Gasteiger charge is -2.31. The van der Waals surface area contributed by atoms with Crippen LogP contribution in [0.25, 0.3) is 0 Å². The van der Waals surface area contributed by atoms with Gasteiger partial charge < -0.3 is 10.6 Å². The number of aromatic nitrogens is 2. The van der Waals surface area contributed by atoms with E-state index >= 15 is 0 Å². The Morgan fingerprint density at radius 3 is 2.72 bits per heavy atom. The maximum atomic E-state index is 5.74. The molecule has 1 aromatic heterocycles. The average Bonchev–Trinajstić information content (AvgIpc) is 2.88. The van der Waals surface area contributed by atoms with Gasteiger partial charge in [-0.1, -0.05) is 0 Å². The van der Waals surface area contributed by atoms with Gasteiger partial charge in [-0.05, 0) is 57.1 Å². The molecule has 0 radical (unpaired) electrons. The summed E-state index contributed by atoms with van der Waals surface area (Å²) in [4.78, 5) is 11.8. The molecule has 0 spiro atoms. The highest BCUT2D eigenvalue weighted by molar-refractivity contribution is 5.39. The van der Waals surface area contributed by atoms with Crippen LogP contribution >= 0.6 is 0 Å². The molecule has 1 saturated heterocycles. The van der Waals surface area contributed by atoms with Crippen LogP contribution in [0.4, 0.5) is 5.95 Å². The monoisotopic (exact) mass is 246 g/mol. The first-order valence-electron chi connectivity index (χ1n) is 7.09. The van der Waals surface area contributed by atoms with E-state index in [0.717, 1.165) is 38.4 Å². The van der Waals surface area contributed by atoms with Gasteiger partial charge in [-0.15, -0.1) is 0 Å². The van der Waals surface area contributed by atoms with Crippen LogP contribution in [0, 0.1) is 12.8 Å². The van der Waals surface area contributed by atoms with Crippen molar-refractivity contribution in [3.63, 3.8) is 0 Å². The Balaban J connectivity index is 1.79. The Labute approximate surface area is 109 Å². The second-order valence-electron chi connectivity index (χ2n) is 5.55. The van der Waals surface area contributed by atoms with Crippen LogP contribution in [-0.4, -0.2) is 29.6 Å². The predicted molar refractivity (Wildman–Crippen MR) is 72.8 cm³/mol. The second kappa shape index (κ2) is 4.84. The number of piperidine rings is 1. The minimum absolute atomic E-state index is 0.691. The molecule has 0 amide bonds. The van der Waals surface area contributed by atoms with Crippen molar-refractivity contribution in [1.82, 2.24) is 9.97 Å². The van der Waals surface area contributed by atoms with Crippen molar-refractivity contribution in [2.24, 2.45) is 11.7 Å². The fourth-order valence-electron chi connectivity index (χ4n) is 3.11. The molecule has 0 atom stereocenters. The summed E-state index contributed by atoms with van der Waals surface area (Å²) >= 11 is 0. The highest BCUT2D eigenvalue weighted by Gasteiger charge is 2.23. The Hall–Kier alpha value is -1.16. The van der Waals surface area contributed by atoms with Gasteiger partial charge in [0.05, 0.1) is 0 Å². The van der Waals surface area contributed by atoms with Gasteiger partial charge in [0, 0.05) is 24.5 Å². The van der Waals surface area contributed by atoms with Gasteiger partial charge in [-0.25, -0.2) is 9.97 Å². The molecule has 98 valence electrons. The topological polar surface area (TPSA) is 55.0 Å². The van der Waals surface area contributed by atoms with Crippen LogP contribution in [0.5, 0.6) is 0 Å².